The maximum atomic E-state index is 9.12. The Morgan fingerprint density at radius 1 is 1.40 bits per heavy atom. The first-order valence-corrected chi connectivity index (χ1v) is 2.67. The summed E-state index contributed by atoms with van der Waals surface area (Å²) in [4.78, 5) is 12.0. The first kappa shape index (κ1) is 8.71. The molecule has 0 aliphatic heterocycles. The minimum absolute atomic E-state index is 0.778. The maximum absolute atomic E-state index is 9.12. The molecular weight excluding hydrogens is 134 g/mol. The van der Waals surface area contributed by atoms with Gasteiger partial charge < -0.3 is 15.2 Å². The van der Waals surface area contributed by atoms with E-state index in [4.69, 9.17) is 15.0 Å². The monoisotopic (exact) mass is 143 g/mol. The fourth-order valence-corrected chi connectivity index (χ4v) is 0.278. The molecule has 1 aromatic rings. The van der Waals surface area contributed by atoms with E-state index in [1.807, 2.05) is 24.5 Å². The fourth-order valence-electron chi connectivity index (χ4n) is 0.278. The minimum atomic E-state index is -1.19. The van der Waals surface area contributed by atoms with Crippen molar-refractivity contribution >= 4 is 5.97 Å². The van der Waals surface area contributed by atoms with Gasteiger partial charge in [0.25, 0.3) is 0 Å². The van der Waals surface area contributed by atoms with Crippen LogP contribution in [0.3, 0.4) is 0 Å². The third-order valence-corrected chi connectivity index (χ3v) is 0.631. The van der Waals surface area contributed by atoms with Crippen molar-refractivity contribution < 1.29 is 15.0 Å². The van der Waals surface area contributed by atoms with E-state index in [0.29, 0.717) is 0 Å². The van der Waals surface area contributed by atoms with Gasteiger partial charge in [0, 0.05) is 12.4 Å². The molecule has 1 aromatic heterocycles. The van der Waals surface area contributed by atoms with Crippen molar-refractivity contribution in [2.45, 2.75) is 0 Å². The molecule has 0 saturated heterocycles. The number of rotatable bonds is 1. The van der Waals surface area contributed by atoms with Crippen molar-refractivity contribution in [1.82, 2.24) is 4.98 Å². The molecule has 0 atom stereocenters. The Morgan fingerprint density at radius 3 is 1.90 bits per heavy atom. The molecule has 4 nitrogen and oxygen atoms in total. The summed E-state index contributed by atoms with van der Waals surface area (Å²) in [6, 6.07) is 3.89. The van der Waals surface area contributed by atoms with Crippen molar-refractivity contribution in [3.63, 3.8) is 0 Å². The first-order chi connectivity index (χ1) is 4.77. The quantitative estimate of drug-likeness (QED) is 0.521. The fraction of sp³-hybridized carbons (Fsp3) is 0.167. The van der Waals surface area contributed by atoms with E-state index in [2.05, 4.69) is 4.98 Å². The summed E-state index contributed by atoms with van der Waals surface area (Å²) < 4.78 is 0. The average Bonchev–Trinajstić information content (AvgIpc) is 2.43. The summed E-state index contributed by atoms with van der Waals surface area (Å²) in [6.07, 6.45) is 3.75. The lowest BCUT2D eigenvalue weighted by atomic mass is 10.7. The normalized spacial score (nSPS) is 7.70. The minimum Gasteiger partial charge on any atom is -0.480 e. The van der Waals surface area contributed by atoms with E-state index in [9.17, 15) is 0 Å². The molecule has 0 spiro atoms. The molecule has 0 radical (unpaired) electrons. The van der Waals surface area contributed by atoms with Crippen LogP contribution in [0.4, 0.5) is 0 Å². The van der Waals surface area contributed by atoms with Gasteiger partial charge in [-0.15, -0.1) is 0 Å². The number of aromatic nitrogens is 1. The molecule has 1 heterocycles. The van der Waals surface area contributed by atoms with E-state index in [-0.39, 0.29) is 0 Å². The Bertz CT molecular complexity index is 142. The van der Waals surface area contributed by atoms with Crippen LogP contribution < -0.4 is 0 Å². The number of carboxylic acids is 1. The number of aliphatic hydroxyl groups excluding tert-OH is 1. The zero-order chi connectivity index (χ0) is 7.82. The van der Waals surface area contributed by atoms with Gasteiger partial charge in [0.05, 0.1) is 0 Å². The van der Waals surface area contributed by atoms with Gasteiger partial charge in [-0.25, -0.2) is 4.79 Å². The third-order valence-electron chi connectivity index (χ3n) is 0.631. The standard InChI is InChI=1S/C4H5N.C2H4O3/c1-2-4-5-3-1;3-1-2(4)5/h1-5H;3H,1H2,(H,4,5). The van der Waals surface area contributed by atoms with Crippen LogP contribution in [0.25, 0.3) is 0 Å². The molecule has 0 amide bonds. The lowest BCUT2D eigenvalue weighted by Crippen LogP contribution is -1.98. The van der Waals surface area contributed by atoms with E-state index < -0.39 is 12.6 Å². The molecule has 0 fully saturated rings. The summed E-state index contributed by atoms with van der Waals surface area (Å²) in [7, 11) is 0. The first-order valence-electron chi connectivity index (χ1n) is 2.67. The van der Waals surface area contributed by atoms with Crippen molar-refractivity contribution in [2.75, 3.05) is 6.61 Å². The van der Waals surface area contributed by atoms with Crippen LogP contribution in [-0.2, 0) is 4.79 Å². The number of aliphatic carboxylic acids is 1. The van der Waals surface area contributed by atoms with Crippen LogP contribution in [0.2, 0.25) is 0 Å². The second-order valence-electron chi connectivity index (χ2n) is 1.44. The highest BCUT2D eigenvalue weighted by Gasteiger charge is 1.82. The number of aliphatic hydroxyl groups is 1. The van der Waals surface area contributed by atoms with Gasteiger partial charge in [-0.05, 0) is 12.1 Å². The summed E-state index contributed by atoms with van der Waals surface area (Å²) in [5.74, 6) is -1.19. The molecule has 1 rings (SSSR count). The lowest BCUT2D eigenvalue weighted by molar-refractivity contribution is -0.140. The van der Waals surface area contributed by atoms with E-state index in [1.165, 1.54) is 0 Å². The molecule has 0 aromatic carbocycles. The van der Waals surface area contributed by atoms with Gasteiger partial charge in [0.15, 0.2) is 0 Å². The molecular formula is C6H9NO3. The van der Waals surface area contributed by atoms with Gasteiger partial charge in [-0.2, -0.15) is 0 Å². The smallest absolute Gasteiger partial charge is 0.329 e. The van der Waals surface area contributed by atoms with E-state index >= 15 is 0 Å². The molecule has 0 unspecified atom stereocenters. The average molecular weight is 143 g/mol. The van der Waals surface area contributed by atoms with Gasteiger partial charge >= 0.3 is 5.97 Å². The summed E-state index contributed by atoms with van der Waals surface area (Å²) in [6.45, 7) is -0.778. The predicted molar refractivity (Wildman–Crippen MR) is 35.5 cm³/mol. The van der Waals surface area contributed by atoms with Crippen molar-refractivity contribution in [2.24, 2.45) is 0 Å². The Labute approximate surface area is 58.1 Å². The highest BCUT2D eigenvalue weighted by atomic mass is 16.4. The second kappa shape index (κ2) is 5.84. The number of nitrogens with one attached hydrogen (secondary N) is 1. The second-order valence-corrected chi connectivity index (χ2v) is 1.44. The number of carboxylic acid groups (broad SMARTS) is 1. The molecule has 4 heteroatoms. The van der Waals surface area contributed by atoms with Gasteiger partial charge in [-0.1, -0.05) is 0 Å². The number of carbonyl (C=O) groups is 1. The molecule has 0 aliphatic carbocycles. The lowest BCUT2D eigenvalue weighted by Gasteiger charge is -1.72. The molecule has 0 aliphatic rings. The van der Waals surface area contributed by atoms with Crippen molar-refractivity contribution in [3.05, 3.63) is 24.5 Å². The van der Waals surface area contributed by atoms with Crippen LogP contribution in [-0.4, -0.2) is 27.8 Å². The van der Waals surface area contributed by atoms with Gasteiger partial charge in [0.1, 0.15) is 6.61 Å². The van der Waals surface area contributed by atoms with Crippen molar-refractivity contribution in [3.8, 4) is 0 Å². The number of H-pyrrole nitrogens is 1. The summed E-state index contributed by atoms with van der Waals surface area (Å²) in [5.41, 5.74) is 0. The molecule has 3 N–H and O–H groups in total. The zero-order valence-electron chi connectivity index (χ0n) is 5.32. The SMILES string of the molecule is O=C(O)CO.c1cc[nH]c1. The third kappa shape index (κ3) is 6.71. The van der Waals surface area contributed by atoms with Crippen molar-refractivity contribution in [1.29, 1.82) is 0 Å². The zero-order valence-corrected chi connectivity index (χ0v) is 5.32. The summed E-state index contributed by atoms with van der Waals surface area (Å²) >= 11 is 0. The van der Waals surface area contributed by atoms with Gasteiger partial charge in [0.2, 0.25) is 0 Å². The summed E-state index contributed by atoms with van der Waals surface area (Å²) in [5, 5.41) is 15.0. The topological polar surface area (TPSA) is 73.3 Å². The van der Waals surface area contributed by atoms with E-state index in [0.717, 1.165) is 0 Å². The Hall–Kier alpha value is -1.29. The Morgan fingerprint density at radius 2 is 1.80 bits per heavy atom. The number of hydrogen-bond donors (Lipinski definition) is 3. The Balaban J connectivity index is 0.000000162. The maximum Gasteiger partial charge on any atom is 0.329 e. The predicted octanol–water partition coefficient (Wildman–Crippen LogP) is 0.0780. The highest BCUT2D eigenvalue weighted by Crippen LogP contribution is 1.72. The van der Waals surface area contributed by atoms with Crippen LogP contribution in [0.15, 0.2) is 24.5 Å². The molecule has 10 heavy (non-hydrogen) atoms. The Kier molecular flexibility index (Phi) is 5.09. The largest absolute Gasteiger partial charge is 0.480 e. The van der Waals surface area contributed by atoms with Gasteiger partial charge in [-0.3, -0.25) is 0 Å². The number of aromatic amines is 1. The molecule has 56 valence electrons. The van der Waals surface area contributed by atoms with Crippen LogP contribution >= 0.6 is 0 Å². The number of hydrogen-bond acceptors (Lipinski definition) is 2. The highest BCUT2D eigenvalue weighted by molar-refractivity contribution is 5.67. The van der Waals surface area contributed by atoms with E-state index in [1.54, 1.807) is 0 Å². The van der Waals surface area contributed by atoms with Crippen LogP contribution in [0.1, 0.15) is 0 Å². The molecule has 0 saturated carbocycles. The van der Waals surface area contributed by atoms with Crippen LogP contribution in [0, 0.1) is 0 Å². The molecule has 0 bridgehead atoms. The van der Waals surface area contributed by atoms with Crippen LogP contribution in [0.5, 0.6) is 0 Å².